The van der Waals surface area contributed by atoms with Crippen LogP contribution in [0.4, 0.5) is 11.5 Å². The topological polar surface area (TPSA) is 122 Å². The summed E-state index contributed by atoms with van der Waals surface area (Å²) in [6.07, 6.45) is 2.95. The zero-order valence-corrected chi connectivity index (χ0v) is 16.9. The van der Waals surface area contributed by atoms with Crippen LogP contribution in [0.3, 0.4) is 0 Å². The molecule has 1 aromatic rings. The van der Waals surface area contributed by atoms with Crippen molar-refractivity contribution in [3.05, 3.63) is 20.8 Å². The molecule has 150 valence electrons. The minimum atomic E-state index is -0.697. The van der Waals surface area contributed by atoms with Gasteiger partial charge < -0.3 is 16.4 Å². The second-order valence-electron chi connectivity index (χ2n) is 6.60. The first-order valence-corrected chi connectivity index (χ1v) is 8.99. The van der Waals surface area contributed by atoms with Gasteiger partial charge in [-0.15, -0.1) is 12.4 Å². The molecule has 0 saturated heterocycles. The van der Waals surface area contributed by atoms with E-state index in [2.05, 4.69) is 29.5 Å². The van der Waals surface area contributed by atoms with Crippen molar-refractivity contribution in [3.8, 4) is 0 Å². The van der Waals surface area contributed by atoms with E-state index in [-0.39, 0.29) is 23.9 Å². The molecule has 1 heterocycles. The van der Waals surface area contributed by atoms with Crippen LogP contribution in [0.5, 0.6) is 0 Å². The van der Waals surface area contributed by atoms with Crippen LogP contribution in [-0.2, 0) is 11.3 Å². The second-order valence-corrected chi connectivity index (χ2v) is 6.60. The number of aromatic amines is 1. The molecule has 8 nitrogen and oxygen atoms in total. The van der Waals surface area contributed by atoms with Gasteiger partial charge in [0, 0.05) is 13.1 Å². The van der Waals surface area contributed by atoms with E-state index in [0.717, 1.165) is 19.3 Å². The lowest BCUT2D eigenvalue weighted by atomic mass is 10.1. The maximum Gasteiger partial charge on any atom is 0.330 e. The summed E-state index contributed by atoms with van der Waals surface area (Å²) in [5.74, 6) is 0.244. The molecule has 0 unspecified atom stereocenters. The van der Waals surface area contributed by atoms with Crippen molar-refractivity contribution in [1.82, 2.24) is 9.55 Å². The maximum absolute atomic E-state index is 12.3. The van der Waals surface area contributed by atoms with E-state index in [4.69, 9.17) is 5.73 Å². The SMILES string of the molecule is CCCCn1c(NC(=O)[C@@H](N)CC)c(NCCC(C)C)c(=O)[nH]c1=O.Cl. The normalized spacial score (nSPS) is 11.8. The third-order valence-corrected chi connectivity index (χ3v) is 3.98. The van der Waals surface area contributed by atoms with E-state index >= 15 is 0 Å². The number of H-pyrrole nitrogens is 1. The number of unbranched alkanes of at least 4 members (excludes halogenated alkanes) is 1. The van der Waals surface area contributed by atoms with Gasteiger partial charge in [-0.25, -0.2) is 4.79 Å². The van der Waals surface area contributed by atoms with Gasteiger partial charge >= 0.3 is 5.69 Å². The third kappa shape index (κ3) is 6.84. The molecule has 0 aliphatic carbocycles. The number of anilines is 2. The lowest BCUT2D eigenvalue weighted by Gasteiger charge is -2.19. The maximum atomic E-state index is 12.3. The Morgan fingerprint density at radius 1 is 1.27 bits per heavy atom. The van der Waals surface area contributed by atoms with Gasteiger partial charge in [-0.3, -0.25) is 19.1 Å². The van der Waals surface area contributed by atoms with Gasteiger partial charge in [0.05, 0.1) is 6.04 Å². The van der Waals surface area contributed by atoms with Crippen LogP contribution < -0.4 is 27.6 Å². The fraction of sp³-hybridized carbons (Fsp3) is 0.706. The number of carbonyl (C=O) groups is 1. The number of amides is 1. The monoisotopic (exact) mass is 389 g/mol. The Morgan fingerprint density at radius 2 is 1.92 bits per heavy atom. The first kappa shape index (κ1) is 24.2. The van der Waals surface area contributed by atoms with Crippen molar-refractivity contribution in [3.63, 3.8) is 0 Å². The Morgan fingerprint density at radius 3 is 2.46 bits per heavy atom. The molecule has 1 rings (SSSR count). The number of nitrogens with zero attached hydrogens (tertiary/aromatic N) is 1. The van der Waals surface area contributed by atoms with Crippen LogP contribution in [0.15, 0.2) is 9.59 Å². The number of hydrogen-bond acceptors (Lipinski definition) is 5. The van der Waals surface area contributed by atoms with E-state index in [1.807, 2.05) is 6.92 Å². The van der Waals surface area contributed by atoms with Gasteiger partial charge in [-0.1, -0.05) is 34.1 Å². The summed E-state index contributed by atoms with van der Waals surface area (Å²) in [6.45, 7) is 8.93. The van der Waals surface area contributed by atoms with Crippen LogP contribution in [0.2, 0.25) is 0 Å². The average molecular weight is 390 g/mol. The van der Waals surface area contributed by atoms with Crippen molar-refractivity contribution < 1.29 is 4.79 Å². The number of nitrogens with two attached hydrogens (primary N) is 1. The number of carbonyl (C=O) groups excluding carboxylic acids is 1. The summed E-state index contributed by atoms with van der Waals surface area (Å²) in [5.41, 5.74) is 4.90. The molecule has 0 fully saturated rings. The average Bonchev–Trinajstić information content (AvgIpc) is 2.55. The van der Waals surface area contributed by atoms with Gasteiger partial charge in [0.25, 0.3) is 5.56 Å². The Balaban J connectivity index is 0.00000625. The molecule has 0 aromatic carbocycles. The fourth-order valence-electron chi connectivity index (χ4n) is 2.28. The van der Waals surface area contributed by atoms with Crippen LogP contribution in [-0.4, -0.2) is 28.0 Å². The van der Waals surface area contributed by atoms with Crippen molar-refractivity contribution in [2.45, 2.75) is 66.0 Å². The van der Waals surface area contributed by atoms with Crippen LogP contribution in [0, 0.1) is 5.92 Å². The largest absolute Gasteiger partial charge is 0.378 e. The molecule has 26 heavy (non-hydrogen) atoms. The van der Waals surface area contributed by atoms with E-state index in [9.17, 15) is 14.4 Å². The van der Waals surface area contributed by atoms with Gasteiger partial charge in [0.1, 0.15) is 11.5 Å². The predicted molar refractivity (Wildman–Crippen MR) is 108 cm³/mol. The van der Waals surface area contributed by atoms with Crippen molar-refractivity contribution in [1.29, 1.82) is 0 Å². The number of halogens is 1. The molecular weight excluding hydrogens is 358 g/mol. The Kier molecular flexibility index (Phi) is 10.9. The predicted octanol–water partition coefficient (Wildman–Crippen LogP) is 1.89. The van der Waals surface area contributed by atoms with Crippen LogP contribution in [0.25, 0.3) is 0 Å². The lowest BCUT2D eigenvalue weighted by molar-refractivity contribution is -0.117. The van der Waals surface area contributed by atoms with E-state index < -0.39 is 23.2 Å². The molecule has 0 aliphatic rings. The highest BCUT2D eigenvalue weighted by Crippen LogP contribution is 2.17. The lowest BCUT2D eigenvalue weighted by Crippen LogP contribution is -2.40. The first-order valence-electron chi connectivity index (χ1n) is 8.99. The Bertz CT molecular complexity index is 684. The minimum Gasteiger partial charge on any atom is -0.378 e. The molecule has 1 amide bonds. The number of hydrogen-bond donors (Lipinski definition) is 4. The van der Waals surface area contributed by atoms with Crippen molar-refractivity contribution in [2.75, 3.05) is 17.2 Å². The summed E-state index contributed by atoms with van der Waals surface area (Å²) in [5, 5.41) is 5.74. The highest BCUT2D eigenvalue weighted by molar-refractivity contribution is 5.96. The van der Waals surface area contributed by atoms with Crippen LogP contribution >= 0.6 is 12.4 Å². The summed E-state index contributed by atoms with van der Waals surface area (Å²) in [7, 11) is 0. The van der Waals surface area contributed by atoms with Crippen molar-refractivity contribution in [2.24, 2.45) is 11.7 Å². The fourth-order valence-corrected chi connectivity index (χ4v) is 2.28. The molecule has 0 saturated carbocycles. The Hall–Kier alpha value is -1.80. The molecule has 5 N–H and O–H groups in total. The minimum absolute atomic E-state index is 0. The van der Waals surface area contributed by atoms with E-state index in [0.29, 0.717) is 25.4 Å². The molecule has 0 bridgehead atoms. The van der Waals surface area contributed by atoms with Crippen molar-refractivity contribution >= 4 is 29.8 Å². The number of rotatable bonds is 10. The summed E-state index contributed by atoms with van der Waals surface area (Å²) < 4.78 is 1.39. The smallest absolute Gasteiger partial charge is 0.330 e. The molecule has 0 aliphatic heterocycles. The molecular formula is C17H32ClN5O3. The van der Waals surface area contributed by atoms with Crippen LogP contribution in [0.1, 0.15) is 53.4 Å². The zero-order chi connectivity index (χ0) is 19.0. The van der Waals surface area contributed by atoms with Gasteiger partial charge in [-0.2, -0.15) is 0 Å². The Labute approximate surface area is 160 Å². The number of nitrogens with one attached hydrogen (secondary N) is 3. The van der Waals surface area contributed by atoms with E-state index in [1.165, 1.54) is 4.57 Å². The highest BCUT2D eigenvalue weighted by atomic mass is 35.5. The molecule has 1 atom stereocenters. The zero-order valence-electron chi connectivity index (χ0n) is 16.1. The first-order chi connectivity index (χ1) is 11.8. The molecule has 0 radical (unpaired) electrons. The van der Waals surface area contributed by atoms with E-state index in [1.54, 1.807) is 6.92 Å². The number of aromatic nitrogens is 2. The summed E-state index contributed by atoms with van der Waals surface area (Å²) >= 11 is 0. The molecule has 9 heteroatoms. The summed E-state index contributed by atoms with van der Waals surface area (Å²) in [4.78, 5) is 39.0. The summed E-state index contributed by atoms with van der Waals surface area (Å²) in [6, 6.07) is -0.697. The standard InChI is InChI=1S/C17H31N5O3.ClH/c1-5-7-10-22-14(20-15(23)12(18)6-2)13(16(24)21-17(22)25)19-9-8-11(3)4;/h11-12,19H,5-10,18H2,1-4H3,(H,20,23)(H,21,24,25);1H/t12-;/m0./s1. The van der Waals surface area contributed by atoms with Gasteiger partial charge in [0.15, 0.2) is 0 Å². The highest BCUT2D eigenvalue weighted by Gasteiger charge is 2.19. The quantitative estimate of drug-likeness (QED) is 0.486. The molecule has 1 aromatic heterocycles. The third-order valence-electron chi connectivity index (χ3n) is 3.98. The van der Waals surface area contributed by atoms with Gasteiger partial charge in [-0.05, 0) is 25.2 Å². The second kappa shape index (κ2) is 11.7. The molecule has 0 spiro atoms. The van der Waals surface area contributed by atoms with Gasteiger partial charge in [0.2, 0.25) is 5.91 Å².